The Hall–Kier alpha value is -0.420. The SMILES string of the molecule is CC[C](CC)C(F)(F)C(F)C(F)(F)F. The lowest BCUT2D eigenvalue weighted by Crippen LogP contribution is -2.45. The van der Waals surface area contributed by atoms with Crippen molar-refractivity contribution >= 4 is 0 Å². The topological polar surface area (TPSA) is 0 Å². The lowest BCUT2D eigenvalue weighted by molar-refractivity contribution is -0.240. The second-order valence-electron chi connectivity index (χ2n) is 2.84. The van der Waals surface area contributed by atoms with Crippen LogP contribution in [0.3, 0.4) is 0 Å². The van der Waals surface area contributed by atoms with Gasteiger partial charge in [0.05, 0.1) is 0 Å². The first kappa shape index (κ1) is 13.6. The molecule has 0 rings (SSSR count). The Morgan fingerprint density at radius 1 is 1.00 bits per heavy atom. The molecule has 0 amide bonds. The third kappa shape index (κ3) is 2.78. The van der Waals surface area contributed by atoms with Crippen LogP contribution in [0.4, 0.5) is 26.3 Å². The molecule has 1 unspecified atom stereocenters. The molecule has 0 fully saturated rings. The summed E-state index contributed by atoms with van der Waals surface area (Å²) in [6.45, 7) is 2.55. The van der Waals surface area contributed by atoms with Crippen molar-refractivity contribution < 1.29 is 26.3 Å². The summed E-state index contributed by atoms with van der Waals surface area (Å²) >= 11 is 0. The maximum atomic E-state index is 12.8. The van der Waals surface area contributed by atoms with Gasteiger partial charge in [0.25, 0.3) is 12.1 Å². The van der Waals surface area contributed by atoms with E-state index in [1.165, 1.54) is 13.8 Å². The number of rotatable bonds is 4. The second kappa shape index (κ2) is 4.40. The molecule has 0 saturated heterocycles. The third-order valence-corrected chi connectivity index (χ3v) is 1.93. The maximum Gasteiger partial charge on any atom is 0.425 e. The first-order valence-electron chi connectivity index (χ1n) is 4.11. The lowest BCUT2D eigenvalue weighted by Gasteiger charge is -2.28. The van der Waals surface area contributed by atoms with E-state index in [1.54, 1.807) is 0 Å². The van der Waals surface area contributed by atoms with E-state index in [9.17, 15) is 26.3 Å². The fourth-order valence-corrected chi connectivity index (χ4v) is 1.11. The third-order valence-electron chi connectivity index (χ3n) is 1.93. The largest absolute Gasteiger partial charge is 0.425 e. The summed E-state index contributed by atoms with van der Waals surface area (Å²) in [4.78, 5) is 0. The normalized spacial score (nSPS) is 16.1. The molecule has 0 aliphatic rings. The molecule has 0 aliphatic carbocycles. The van der Waals surface area contributed by atoms with Crippen molar-refractivity contribution in [1.82, 2.24) is 0 Å². The van der Waals surface area contributed by atoms with Crippen molar-refractivity contribution in [3.8, 4) is 0 Å². The van der Waals surface area contributed by atoms with E-state index in [0.29, 0.717) is 0 Å². The molecular formula is C8H11F6. The molecule has 0 heterocycles. The van der Waals surface area contributed by atoms with Gasteiger partial charge in [-0.15, -0.1) is 0 Å². The summed E-state index contributed by atoms with van der Waals surface area (Å²) < 4.78 is 73.2. The fraction of sp³-hybridized carbons (Fsp3) is 0.875. The zero-order valence-electron chi connectivity index (χ0n) is 7.76. The van der Waals surface area contributed by atoms with E-state index < -0.39 is 24.2 Å². The maximum absolute atomic E-state index is 12.8. The molecule has 1 radical (unpaired) electrons. The Balaban J connectivity index is 4.75. The van der Waals surface area contributed by atoms with Gasteiger partial charge in [0.15, 0.2) is 0 Å². The first-order valence-corrected chi connectivity index (χ1v) is 4.11. The van der Waals surface area contributed by atoms with Crippen LogP contribution in [-0.2, 0) is 0 Å². The Morgan fingerprint density at radius 2 is 1.36 bits per heavy atom. The minimum atomic E-state index is -5.51. The second-order valence-corrected chi connectivity index (χ2v) is 2.84. The van der Waals surface area contributed by atoms with Crippen molar-refractivity contribution in [3.63, 3.8) is 0 Å². The summed E-state index contributed by atoms with van der Waals surface area (Å²) in [6.07, 6.45) is -10.1. The molecule has 0 aromatic heterocycles. The molecular weight excluding hydrogens is 210 g/mol. The van der Waals surface area contributed by atoms with Gasteiger partial charge in [-0.05, 0) is 12.8 Å². The van der Waals surface area contributed by atoms with Crippen LogP contribution in [-0.4, -0.2) is 18.3 Å². The summed E-state index contributed by atoms with van der Waals surface area (Å²) in [6, 6.07) is 0. The Kier molecular flexibility index (Phi) is 4.27. The zero-order chi connectivity index (χ0) is 11.6. The van der Waals surface area contributed by atoms with E-state index in [0.717, 1.165) is 0 Å². The first-order chi connectivity index (χ1) is 6.17. The molecule has 0 nitrogen and oxygen atoms in total. The van der Waals surface area contributed by atoms with Gasteiger partial charge in [0.1, 0.15) is 0 Å². The predicted molar refractivity (Wildman–Crippen MR) is 39.7 cm³/mol. The van der Waals surface area contributed by atoms with Crippen LogP contribution in [0.25, 0.3) is 0 Å². The number of hydrogen-bond donors (Lipinski definition) is 0. The molecule has 0 N–H and O–H groups in total. The van der Waals surface area contributed by atoms with Crippen molar-refractivity contribution in [2.45, 2.75) is 45.0 Å². The fourth-order valence-electron chi connectivity index (χ4n) is 1.11. The standard InChI is InChI=1S/C8H11F6/c1-3-5(4-2)7(10,11)6(9)8(12,13)14/h6H,3-4H2,1-2H3. The zero-order valence-corrected chi connectivity index (χ0v) is 7.76. The van der Waals surface area contributed by atoms with E-state index in [1.807, 2.05) is 0 Å². The van der Waals surface area contributed by atoms with Crippen LogP contribution >= 0.6 is 0 Å². The summed E-state index contributed by atoms with van der Waals surface area (Å²) in [7, 11) is 0. The van der Waals surface area contributed by atoms with Crippen LogP contribution in [0.15, 0.2) is 0 Å². The van der Waals surface area contributed by atoms with Gasteiger partial charge in [0.2, 0.25) is 0 Å². The van der Waals surface area contributed by atoms with Gasteiger partial charge in [0, 0.05) is 5.92 Å². The Bertz CT molecular complexity index is 169. The Morgan fingerprint density at radius 3 is 1.57 bits per heavy atom. The number of alkyl halides is 6. The lowest BCUT2D eigenvalue weighted by atomic mass is 9.92. The van der Waals surface area contributed by atoms with Crippen molar-refractivity contribution in [2.75, 3.05) is 0 Å². The highest BCUT2D eigenvalue weighted by Gasteiger charge is 2.59. The van der Waals surface area contributed by atoms with Gasteiger partial charge < -0.3 is 0 Å². The molecule has 0 aliphatic heterocycles. The van der Waals surface area contributed by atoms with E-state index in [-0.39, 0.29) is 12.8 Å². The van der Waals surface area contributed by atoms with Crippen molar-refractivity contribution in [1.29, 1.82) is 0 Å². The van der Waals surface area contributed by atoms with E-state index >= 15 is 0 Å². The number of hydrogen-bond acceptors (Lipinski definition) is 0. The predicted octanol–water partition coefficient (Wildman–Crippen LogP) is 3.92. The smallest absolute Gasteiger partial charge is 0.231 e. The van der Waals surface area contributed by atoms with E-state index in [4.69, 9.17) is 0 Å². The monoisotopic (exact) mass is 221 g/mol. The molecule has 1 atom stereocenters. The molecule has 6 heteroatoms. The molecule has 0 aromatic rings. The quantitative estimate of drug-likeness (QED) is 0.631. The van der Waals surface area contributed by atoms with Crippen LogP contribution in [0.5, 0.6) is 0 Å². The van der Waals surface area contributed by atoms with Crippen LogP contribution in [0, 0.1) is 5.92 Å². The van der Waals surface area contributed by atoms with Gasteiger partial charge in [-0.1, -0.05) is 13.8 Å². The van der Waals surface area contributed by atoms with Gasteiger partial charge >= 0.3 is 6.18 Å². The molecule has 0 spiro atoms. The van der Waals surface area contributed by atoms with Crippen LogP contribution in [0.2, 0.25) is 0 Å². The summed E-state index contributed by atoms with van der Waals surface area (Å²) in [5, 5.41) is 0. The molecule has 14 heavy (non-hydrogen) atoms. The molecule has 0 bridgehead atoms. The highest BCUT2D eigenvalue weighted by Crippen LogP contribution is 2.42. The van der Waals surface area contributed by atoms with Gasteiger partial charge in [-0.2, -0.15) is 13.2 Å². The molecule has 85 valence electrons. The minimum absolute atomic E-state index is 0.264. The van der Waals surface area contributed by atoms with Gasteiger partial charge in [-0.3, -0.25) is 0 Å². The van der Waals surface area contributed by atoms with E-state index in [2.05, 4.69) is 0 Å². The highest BCUT2D eigenvalue weighted by atomic mass is 19.4. The average molecular weight is 221 g/mol. The van der Waals surface area contributed by atoms with Crippen molar-refractivity contribution in [3.05, 3.63) is 5.92 Å². The van der Waals surface area contributed by atoms with Crippen molar-refractivity contribution in [2.24, 2.45) is 0 Å². The summed E-state index contributed by atoms with van der Waals surface area (Å²) in [5.74, 6) is -5.14. The average Bonchev–Trinajstić information content (AvgIpc) is 2.03. The van der Waals surface area contributed by atoms with Crippen LogP contribution < -0.4 is 0 Å². The number of halogens is 6. The Labute approximate surface area is 78.3 Å². The van der Waals surface area contributed by atoms with Gasteiger partial charge in [-0.25, -0.2) is 13.2 Å². The molecule has 0 saturated carbocycles. The molecule has 0 aromatic carbocycles. The summed E-state index contributed by atoms with van der Waals surface area (Å²) in [5.41, 5.74) is 0. The minimum Gasteiger partial charge on any atom is -0.231 e. The van der Waals surface area contributed by atoms with Crippen LogP contribution in [0.1, 0.15) is 26.7 Å². The highest BCUT2D eigenvalue weighted by molar-refractivity contribution is 5.06.